The fourth-order valence-electron chi connectivity index (χ4n) is 3.12. The molecule has 0 aliphatic rings. The van der Waals surface area contributed by atoms with Gasteiger partial charge in [0.05, 0.1) is 5.69 Å². The molecule has 0 spiro atoms. The number of H-pyrrole nitrogens is 1. The second-order valence-corrected chi connectivity index (χ2v) is 7.19. The van der Waals surface area contributed by atoms with Crippen molar-refractivity contribution in [2.45, 2.75) is 46.6 Å². The Hall–Kier alpha value is -2.81. The highest BCUT2D eigenvalue weighted by atomic mass is 32.1. The molecule has 0 bridgehead atoms. The molecule has 0 fully saturated rings. The summed E-state index contributed by atoms with van der Waals surface area (Å²) in [6, 6.07) is 8.03. The summed E-state index contributed by atoms with van der Waals surface area (Å²) in [4.78, 5) is 16.9. The summed E-state index contributed by atoms with van der Waals surface area (Å²) in [5.74, 6) is 1.68. The molecule has 9 heteroatoms. The highest BCUT2D eigenvalue weighted by Gasteiger charge is 2.17. The standard InChI is InChI=1S/C19H25N7OS/c1-5-25-16(22-23-19(25)28)10-11-20-18(27)17-21-13(4)26(24-17)15-9-7-6-8-14(15)12(2)3/h6-9,12H,5,10-11H2,1-4H3,(H,20,27)(H,23,28). The predicted molar refractivity (Wildman–Crippen MR) is 109 cm³/mol. The van der Waals surface area contributed by atoms with Gasteiger partial charge in [0.25, 0.3) is 5.91 Å². The average Bonchev–Trinajstić information content (AvgIpc) is 3.24. The third-order valence-electron chi connectivity index (χ3n) is 4.55. The number of nitrogens with zero attached hydrogens (tertiary/aromatic N) is 5. The van der Waals surface area contributed by atoms with Crippen molar-refractivity contribution < 1.29 is 4.79 Å². The molecule has 2 heterocycles. The predicted octanol–water partition coefficient (Wildman–Crippen LogP) is 2.95. The molecule has 0 aliphatic heterocycles. The number of carbonyl (C=O) groups excluding carboxylic acids is 1. The van der Waals surface area contributed by atoms with Crippen molar-refractivity contribution in [3.05, 3.63) is 52.1 Å². The topological polar surface area (TPSA) is 93.4 Å². The van der Waals surface area contributed by atoms with E-state index >= 15 is 0 Å². The molecule has 148 valence electrons. The molecule has 1 amide bonds. The van der Waals surface area contributed by atoms with E-state index in [4.69, 9.17) is 12.2 Å². The highest BCUT2D eigenvalue weighted by Crippen LogP contribution is 2.23. The first-order valence-corrected chi connectivity index (χ1v) is 9.78. The second-order valence-electron chi connectivity index (χ2n) is 6.80. The van der Waals surface area contributed by atoms with Crippen molar-refractivity contribution in [3.63, 3.8) is 0 Å². The fourth-order valence-corrected chi connectivity index (χ4v) is 3.40. The lowest BCUT2D eigenvalue weighted by Gasteiger charge is -2.12. The van der Waals surface area contributed by atoms with Gasteiger partial charge in [-0.05, 0) is 43.6 Å². The zero-order chi connectivity index (χ0) is 20.3. The second kappa shape index (κ2) is 8.47. The maximum absolute atomic E-state index is 12.5. The summed E-state index contributed by atoms with van der Waals surface area (Å²) in [7, 11) is 0. The Kier molecular flexibility index (Phi) is 6.03. The Morgan fingerprint density at radius 2 is 2.07 bits per heavy atom. The SMILES string of the molecule is CCn1c(CCNC(=O)c2nc(C)n(-c3ccccc3C(C)C)n2)n[nH]c1=S. The van der Waals surface area contributed by atoms with Crippen molar-refractivity contribution in [2.75, 3.05) is 6.54 Å². The first-order valence-electron chi connectivity index (χ1n) is 9.37. The van der Waals surface area contributed by atoms with Gasteiger partial charge in [-0.3, -0.25) is 9.89 Å². The van der Waals surface area contributed by atoms with E-state index in [-0.39, 0.29) is 11.7 Å². The molecule has 0 radical (unpaired) electrons. The van der Waals surface area contributed by atoms with E-state index in [0.717, 1.165) is 23.6 Å². The van der Waals surface area contributed by atoms with Gasteiger partial charge in [0.1, 0.15) is 11.6 Å². The summed E-state index contributed by atoms with van der Waals surface area (Å²) in [6.07, 6.45) is 0.572. The van der Waals surface area contributed by atoms with Crippen LogP contribution >= 0.6 is 12.2 Å². The quantitative estimate of drug-likeness (QED) is 0.596. The zero-order valence-electron chi connectivity index (χ0n) is 16.6. The van der Waals surface area contributed by atoms with Crippen LogP contribution in [0.5, 0.6) is 0 Å². The van der Waals surface area contributed by atoms with Gasteiger partial charge < -0.3 is 9.88 Å². The number of rotatable bonds is 7. The van der Waals surface area contributed by atoms with Gasteiger partial charge in [0.2, 0.25) is 5.82 Å². The third kappa shape index (κ3) is 4.04. The van der Waals surface area contributed by atoms with Crippen LogP contribution in [0.15, 0.2) is 24.3 Å². The molecule has 0 saturated carbocycles. The summed E-state index contributed by atoms with van der Waals surface area (Å²) in [5.41, 5.74) is 2.10. The molecule has 3 aromatic rings. The van der Waals surface area contributed by atoms with E-state index in [1.807, 2.05) is 36.6 Å². The number of hydrogen-bond donors (Lipinski definition) is 2. The summed E-state index contributed by atoms with van der Waals surface area (Å²) in [6.45, 7) is 9.27. The Morgan fingerprint density at radius 1 is 1.32 bits per heavy atom. The van der Waals surface area contributed by atoms with Gasteiger partial charge in [0.15, 0.2) is 4.77 Å². The largest absolute Gasteiger partial charge is 0.349 e. The number of aryl methyl sites for hydroxylation is 1. The van der Waals surface area contributed by atoms with Crippen molar-refractivity contribution in [1.82, 2.24) is 34.8 Å². The van der Waals surface area contributed by atoms with Crippen LogP contribution in [-0.2, 0) is 13.0 Å². The van der Waals surface area contributed by atoms with Crippen LogP contribution in [0.4, 0.5) is 0 Å². The van der Waals surface area contributed by atoms with Crippen LogP contribution < -0.4 is 5.32 Å². The van der Waals surface area contributed by atoms with E-state index in [1.54, 1.807) is 4.68 Å². The van der Waals surface area contributed by atoms with E-state index in [1.165, 1.54) is 0 Å². The minimum Gasteiger partial charge on any atom is -0.349 e. The number of amides is 1. The van der Waals surface area contributed by atoms with E-state index < -0.39 is 0 Å². The molecule has 8 nitrogen and oxygen atoms in total. The Labute approximate surface area is 169 Å². The van der Waals surface area contributed by atoms with Crippen molar-refractivity contribution in [2.24, 2.45) is 0 Å². The molecule has 0 aliphatic carbocycles. The van der Waals surface area contributed by atoms with Gasteiger partial charge in [0, 0.05) is 19.5 Å². The molecular weight excluding hydrogens is 374 g/mol. The molecule has 0 atom stereocenters. The van der Waals surface area contributed by atoms with Gasteiger partial charge in [-0.1, -0.05) is 32.0 Å². The van der Waals surface area contributed by atoms with Gasteiger partial charge >= 0.3 is 0 Å². The van der Waals surface area contributed by atoms with E-state index in [9.17, 15) is 4.79 Å². The maximum Gasteiger partial charge on any atom is 0.290 e. The summed E-state index contributed by atoms with van der Waals surface area (Å²) >= 11 is 5.18. The van der Waals surface area contributed by atoms with Crippen LogP contribution in [0.3, 0.4) is 0 Å². The number of hydrogen-bond acceptors (Lipinski definition) is 5. The number of benzene rings is 1. The molecule has 0 unspecified atom stereocenters. The van der Waals surface area contributed by atoms with Crippen molar-refractivity contribution >= 4 is 18.1 Å². The minimum absolute atomic E-state index is 0.158. The van der Waals surface area contributed by atoms with Gasteiger partial charge in [-0.2, -0.15) is 5.10 Å². The number of nitrogens with one attached hydrogen (secondary N) is 2. The lowest BCUT2D eigenvalue weighted by molar-refractivity contribution is 0.0943. The molecular formula is C19H25N7OS. The van der Waals surface area contributed by atoms with Crippen molar-refractivity contribution in [1.29, 1.82) is 0 Å². The Morgan fingerprint density at radius 3 is 2.79 bits per heavy atom. The summed E-state index contributed by atoms with van der Waals surface area (Å²) in [5, 5.41) is 14.3. The number of para-hydroxylation sites is 1. The number of aromatic nitrogens is 6. The first-order chi connectivity index (χ1) is 13.4. The molecule has 1 aromatic carbocycles. The Balaban J connectivity index is 1.72. The van der Waals surface area contributed by atoms with E-state index in [2.05, 4.69) is 45.5 Å². The highest BCUT2D eigenvalue weighted by molar-refractivity contribution is 7.71. The lowest BCUT2D eigenvalue weighted by Crippen LogP contribution is -2.27. The Bertz CT molecular complexity index is 1030. The lowest BCUT2D eigenvalue weighted by atomic mass is 10.0. The maximum atomic E-state index is 12.5. The van der Waals surface area contributed by atoms with Crippen LogP contribution in [0, 0.1) is 11.7 Å². The molecule has 28 heavy (non-hydrogen) atoms. The average molecular weight is 400 g/mol. The molecule has 2 N–H and O–H groups in total. The molecule has 2 aromatic heterocycles. The number of aromatic amines is 1. The van der Waals surface area contributed by atoms with Crippen molar-refractivity contribution in [3.8, 4) is 5.69 Å². The minimum atomic E-state index is -0.305. The van der Waals surface area contributed by atoms with Crippen LogP contribution in [0.2, 0.25) is 0 Å². The third-order valence-corrected chi connectivity index (χ3v) is 4.86. The summed E-state index contributed by atoms with van der Waals surface area (Å²) < 4.78 is 4.22. The van der Waals surface area contributed by atoms with Gasteiger partial charge in [-0.25, -0.2) is 9.67 Å². The smallest absolute Gasteiger partial charge is 0.290 e. The normalized spacial score (nSPS) is 11.2. The van der Waals surface area contributed by atoms with Crippen LogP contribution in [0.25, 0.3) is 5.69 Å². The van der Waals surface area contributed by atoms with Gasteiger partial charge in [-0.15, -0.1) is 5.10 Å². The molecule has 3 rings (SSSR count). The molecule has 0 saturated heterocycles. The number of carbonyl (C=O) groups is 1. The van der Waals surface area contributed by atoms with Crippen LogP contribution in [-0.4, -0.2) is 42.0 Å². The zero-order valence-corrected chi connectivity index (χ0v) is 17.4. The van der Waals surface area contributed by atoms with E-state index in [0.29, 0.717) is 29.5 Å². The fraction of sp³-hybridized carbons (Fsp3) is 0.421. The first kappa shape index (κ1) is 19.9. The monoisotopic (exact) mass is 399 g/mol. The van der Waals surface area contributed by atoms with Crippen LogP contribution in [0.1, 0.15) is 54.5 Å².